The molecular formula is C14H28O3. The van der Waals surface area contributed by atoms with Crippen molar-refractivity contribution in [2.45, 2.75) is 65.9 Å². The molecule has 0 aromatic heterocycles. The molecule has 17 heavy (non-hydrogen) atoms. The second kappa shape index (κ2) is 9.46. The molecule has 0 amide bonds. The summed E-state index contributed by atoms with van der Waals surface area (Å²) in [6.07, 6.45) is 4.51. The van der Waals surface area contributed by atoms with Gasteiger partial charge in [0.15, 0.2) is 6.10 Å². The van der Waals surface area contributed by atoms with E-state index in [0.717, 1.165) is 32.1 Å². The molecule has 2 atom stereocenters. The van der Waals surface area contributed by atoms with Gasteiger partial charge in [0.1, 0.15) is 0 Å². The van der Waals surface area contributed by atoms with Gasteiger partial charge in [0.2, 0.25) is 0 Å². The number of hydrogen-bond acceptors (Lipinski definition) is 2. The molecule has 0 aliphatic heterocycles. The molecule has 0 saturated carbocycles. The number of carboxylic acid groups (broad SMARTS) is 1. The van der Waals surface area contributed by atoms with Crippen molar-refractivity contribution in [2.24, 2.45) is 11.8 Å². The van der Waals surface area contributed by atoms with Crippen molar-refractivity contribution < 1.29 is 14.6 Å². The third-order valence-corrected chi connectivity index (χ3v) is 3.00. The molecule has 0 radical (unpaired) electrons. The molecule has 0 aromatic carbocycles. The molecule has 0 heterocycles. The van der Waals surface area contributed by atoms with E-state index in [1.807, 2.05) is 6.92 Å². The minimum absolute atomic E-state index is 0.100. The van der Waals surface area contributed by atoms with Crippen LogP contribution in [0.1, 0.15) is 59.8 Å². The van der Waals surface area contributed by atoms with E-state index in [9.17, 15) is 4.79 Å². The van der Waals surface area contributed by atoms with Crippen molar-refractivity contribution in [2.75, 3.05) is 6.61 Å². The zero-order valence-electron chi connectivity index (χ0n) is 11.7. The lowest BCUT2D eigenvalue weighted by Gasteiger charge is -2.20. The second-order valence-corrected chi connectivity index (χ2v) is 5.29. The number of hydrogen-bond donors (Lipinski definition) is 1. The van der Waals surface area contributed by atoms with Crippen LogP contribution in [0.25, 0.3) is 0 Å². The number of ether oxygens (including phenoxy) is 1. The Morgan fingerprint density at radius 3 is 2.29 bits per heavy atom. The SMILES string of the molecule is CCCCOC(C(=O)O)C(C)CCCC(C)C. The predicted octanol–water partition coefficient (Wildman–Crippen LogP) is 3.72. The minimum atomic E-state index is -0.821. The Kier molecular flexibility index (Phi) is 9.14. The van der Waals surface area contributed by atoms with Gasteiger partial charge in [-0.2, -0.15) is 0 Å². The molecule has 0 spiro atoms. The summed E-state index contributed by atoms with van der Waals surface area (Å²) in [5.41, 5.74) is 0. The van der Waals surface area contributed by atoms with E-state index in [1.54, 1.807) is 0 Å². The summed E-state index contributed by atoms with van der Waals surface area (Å²) in [6.45, 7) is 8.99. The van der Waals surface area contributed by atoms with Crippen molar-refractivity contribution in [1.82, 2.24) is 0 Å². The van der Waals surface area contributed by atoms with Crippen LogP contribution < -0.4 is 0 Å². The summed E-state index contributed by atoms with van der Waals surface area (Å²) in [5.74, 6) is -0.0345. The molecule has 1 N–H and O–H groups in total. The van der Waals surface area contributed by atoms with Gasteiger partial charge in [-0.05, 0) is 24.7 Å². The highest BCUT2D eigenvalue weighted by atomic mass is 16.5. The molecule has 0 fully saturated rings. The lowest BCUT2D eigenvalue weighted by molar-refractivity contribution is -0.154. The summed E-state index contributed by atoms with van der Waals surface area (Å²) in [7, 11) is 0. The van der Waals surface area contributed by atoms with E-state index in [1.165, 1.54) is 0 Å². The average Bonchev–Trinajstić information content (AvgIpc) is 2.23. The first-order valence-corrected chi connectivity index (χ1v) is 6.83. The van der Waals surface area contributed by atoms with Crippen LogP contribution >= 0.6 is 0 Å². The highest BCUT2D eigenvalue weighted by molar-refractivity contribution is 5.72. The predicted molar refractivity (Wildman–Crippen MR) is 70.1 cm³/mol. The summed E-state index contributed by atoms with van der Waals surface area (Å²) >= 11 is 0. The Balaban J connectivity index is 3.97. The van der Waals surface area contributed by atoms with E-state index in [-0.39, 0.29) is 5.92 Å². The molecule has 0 bridgehead atoms. The van der Waals surface area contributed by atoms with Crippen molar-refractivity contribution in [3.05, 3.63) is 0 Å². The molecule has 102 valence electrons. The van der Waals surface area contributed by atoms with Crippen LogP contribution in [0.4, 0.5) is 0 Å². The summed E-state index contributed by atoms with van der Waals surface area (Å²) < 4.78 is 5.46. The van der Waals surface area contributed by atoms with Gasteiger partial charge < -0.3 is 9.84 Å². The maximum Gasteiger partial charge on any atom is 0.333 e. The maximum atomic E-state index is 11.1. The van der Waals surface area contributed by atoms with Gasteiger partial charge in [-0.25, -0.2) is 4.79 Å². The third kappa shape index (κ3) is 8.19. The maximum absolute atomic E-state index is 11.1. The average molecular weight is 244 g/mol. The topological polar surface area (TPSA) is 46.5 Å². The molecule has 0 aromatic rings. The van der Waals surface area contributed by atoms with Gasteiger partial charge in [-0.1, -0.05) is 47.0 Å². The zero-order valence-corrected chi connectivity index (χ0v) is 11.7. The Bertz CT molecular complexity index is 202. The number of carboxylic acids is 1. The van der Waals surface area contributed by atoms with Crippen LogP contribution in [-0.2, 0) is 9.53 Å². The quantitative estimate of drug-likeness (QED) is 0.596. The lowest BCUT2D eigenvalue weighted by atomic mass is 9.95. The Hall–Kier alpha value is -0.570. The van der Waals surface area contributed by atoms with Crippen molar-refractivity contribution >= 4 is 5.97 Å². The number of rotatable bonds is 10. The summed E-state index contributed by atoms with van der Waals surface area (Å²) in [5, 5.41) is 9.13. The van der Waals surface area contributed by atoms with Crippen LogP contribution in [0.2, 0.25) is 0 Å². The highest BCUT2D eigenvalue weighted by Gasteiger charge is 2.24. The first kappa shape index (κ1) is 16.4. The van der Waals surface area contributed by atoms with E-state index < -0.39 is 12.1 Å². The Morgan fingerprint density at radius 1 is 1.18 bits per heavy atom. The molecular weight excluding hydrogens is 216 g/mol. The van der Waals surface area contributed by atoms with Gasteiger partial charge in [-0.15, -0.1) is 0 Å². The Labute approximate surface area is 106 Å². The first-order chi connectivity index (χ1) is 7.99. The van der Waals surface area contributed by atoms with Crippen molar-refractivity contribution in [3.63, 3.8) is 0 Å². The van der Waals surface area contributed by atoms with Crippen LogP contribution in [0, 0.1) is 11.8 Å². The van der Waals surface area contributed by atoms with E-state index in [0.29, 0.717) is 12.5 Å². The fourth-order valence-electron chi connectivity index (χ4n) is 1.83. The lowest BCUT2D eigenvalue weighted by Crippen LogP contribution is -2.31. The monoisotopic (exact) mass is 244 g/mol. The second-order valence-electron chi connectivity index (χ2n) is 5.29. The molecule has 0 rings (SSSR count). The van der Waals surface area contributed by atoms with Crippen LogP contribution in [0.5, 0.6) is 0 Å². The van der Waals surface area contributed by atoms with Crippen LogP contribution in [-0.4, -0.2) is 23.8 Å². The number of carbonyl (C=O) groups is 1. The zero-order chi connectivity index (χ0) is 13.3. The van der Waals surface area contributed by atoms with Crippen LogP contribution in [0.3, 0.4) is 0 Å². The van der Waals surface area contributed by atoms with E-state index >= 15 is 0 Å². The molecule has 0 aliphatic rings. The van der Waals surface area contributed by atoms with Gasteiger partial charge >= 0.3 is 5.97 Å². The molecule has 3 heteroatoms. The van der Waals surface area contributed by atoms with Gasteiger partial charge in [-0.3, -0.25) is 0 Å². The molecule has 0 aliphatic carbocycles. The fraction of sp³-hybridized carbons (Fsp3) is 0.929. The van der Waals surface area contributed by atoms with Gasteiger partial charge in [0, 0.05) is 6.61 Å². The first-order valence-electron chi connectivity index (χ1n) is 6.83. The van der Waals surface area contributed by atoms with Gasteiger partial charge in [0.25, 0.3) is 0 Å². The van der Waals surface area contributed by atoms with Crippen molar-refractivity contribution in [1.29, 1.82) is 0 Å². The Morgan fingerprint density at radius 2 is 1.82 bits per heavy atom. The number of unbranched alkanes of at least 4 members (excludes halogenated alkanes) is 1. The van der Waals surface area contributed by atoms with Crippen LogP contribution in [0.15, 0.2) is 0 Å². The van der Waals surface area contributed by atoms with E-state index in [2.05, 4.69) is 20.8 Å². The molecule has 0 saturated heterocycles. The van der Waals surface area contributed by atoms with Crippen molar-refractivity contribution in [3.8, 4) is 0 Å². The molecule has 3 nitrogen and oxygen atoms in total. The fourth-order valence-corrected chi connectivity index (χ4v) is 1.83. The summed E-state index contributed by atoms with van der Waals surface area (Å²) in [6, 6.07) is 0. The minimum Gasteiger partial charge on any atom is -0.479 e. The van der Waals surface area contributed by atoms with Gasteiger partial charge in [0.05, 0.1) is 0 Å². The molecule has 2 unspecified atom stereocenters. The van der Waals surface area contributed by atoms with E-state index in [4.69, 9.17) is 9.84 Å². The standard InChI is InChI=1S/C14H28O3/c1-5-6-10-17-13(14(15)16)12(4)9-7-8-11(2)3/h11-13H,5-10H2,1-4H3,(H,15,16). The normalized spacial score (nSPS) is 14.9. The largest absolute Gasteiger partial charge is 0.479 e. The summed E-state index contributed by atoms with van der Waals surface area (Å²) in [4.78, 5) is 11.1. The number of aliphatic carboxylic acids is 1. The highest BCUT2D eigenvalue weighted by Crippen LogP contribution is 2.18. The smallest absolute Gasteiger partial charge is 0.333 e. The third-order valence-electron chi connectivity index (χ3n) is 3.00.